The number of ether oxygens (including phenoxy) is 1. The summed E-state index contributed by atoms with van der Waals surface area (Å²) >= 11 is 0. The predicted octanol–water partition coefficient (Wildman–Crippen LogP) is 3.10. The highest BCUT2D eigenvalue weighted by Crippen LogP contribution is 2.57. The van der Waals surface area contributed by atoms with Crippen molar-refractivity contribution < 1.29 is 19.4 Å². The number of aromatic nitrogens is 2. The maximum absolute atomic E-state index is 12.9. The maximum Gasteiger partial charge on any atom is 0.414 e. The first-order valence-corrected chi connectivity index (χ1v) is 10.7. The smallest absolute Gasteiger partial charge is 0.414 e. The Morgan fingerprint density at radius 1 is 1.10 bits per heavy atom. The van der Waals surface area contributed by atoms with Gasteiger partial charge in [0.05, 0.1) is 0 Å². The second kappa shape index (κ2) is 7.21. The zero-order valence-corrected chi connectivity index (χ0v) is 17.4. The van der Waals surface area contributed by atoms with Crippen molar-refractivity contribution in [2.75, 3.05) is 0 Å². The van der Waals surface area contributed by atoms with Crippen LogP contribution < -0.4 is 15.4 Å². The number of pyridine rings is 2. The van der Waals surface area contributed by atoms with E-state index in [1.165, 1.54) is 18.3 Å². The molecule has 31 heavy (non-hydrogen) atoms. The molecule has 2 unspecified atom stereocenters. The van der Waals surface area contributed by atoms with E-state index in [4.69, 9.17) is 4.74 Å². The van der Waals surface area contributed by atoms with Crippen LogP contribution in [0.3, 0.4) is 0 Å². The van der Waals surface area contributed by atoms with Gasteiger partial charge in [-0.3, -0.25) is 9.78 Å². The third-order valence-electron chi connectivity index (χ3n) is 6.84. The maximum atomic E-state index is 12.9. The molecule has 8 nitrogen and oxygen atoms in total. The summed E-state index contributed by atoms with van der Waals surface area (Å²) in [6, 6.07) is 8.12. The van der Waals surface area contributed by atoms with Gasteiger partial charge in [0.1, 0.15) is 11.4 Å². The molecule has 2 aromatic heterocycles. The van der Waals surface area contributed by atoms with E-state index in [-0.39, 0.29) is 28.8 Å². The highest BCUT2D eigenvalue weighted by Gasteiger charge is 2.59. The summed E-state index contributed by atoms with van der Waals surface area (Å²) in [6.45, 7) is 1.84. The average Bonchev–Trinajstić information content (AvgIpc) is 2.66. The van der Waals surface area contributed by atoms with Crippen molar-refractivity contribution in [3.63, 3.8) is 0 Å². The molecule has 4 bridgehead atoms. The molecular formula is C23H26N4O4. The number of carbonyl (C=O) groups excluding carboxylic acids is 2. The van der Waals surface area contributed by atoms with E-state index in [1.807, 2.05) is 13.0 Å². The topological polar surface area (TPSA) is 113 Å². The molecule has 8 heteroatoms. The molecule has 4 aliphatic rings. The average molecular weight is 422 g/mol. The van der Waals surface area contributed by atoms with E-state index in [0.717, 1.165) is 37.8 Å². The Labute approximate surface area is 180 Å². The molecule has 2 atom stereocenters. The first-order chi connectivity index (χ1) is 14.8. The molecule has 4 aliphatic carbocycles. The van der Waals surface area contributed by atoms with Gasteiger partial charge in [0, 0.05) is 35.1 Å². The molecule has 2 aromatic rings. The van der Waals surface area contributed by atoms with Crippen LogP contribution in [0.4, 0.5) is 4.79 Å². The zero-order chi connectivity index (χ0) is 21.6. The van der Waals surface area contributed by atoms with Crippen molar-refractivity contribution in [3.05, 3.63) is 47.9 Å². The minimum absolute atomic E-state index is 0.0105. The van der Waals surface area contributed by atoms with Crippen molar-refractivity contribution in [1.82, 2.24) is 20.6 Å². The van der Waals surface area contributed by atoms with E-state index >= 15 is 0 Å². The molecule has 3 N–H and O–H groups in total. The molecule has 0 spiro atoms. The predicted molar refractivity (Wildman–Crippen MR) is 112 cm³/mol. The quantitative estimate of drug-likeness (QED) is 0.698. The molecule has 2 amide bonds. The van der Waals surface area contributed by atoms with Crippen molar-refractivity contribution >= 4 is 12.0 Å². The fourth-order valence-corrected chi connectivity index (χ4v) is 6.32. The Kier molecular flexibility index (Phi) is 4.60. The number of carbonyl (C=O) groups is 2. The molecule has 2 heterocycles. The summed E-state index contributed by atoms with van der Waals surface area (Å²) < 4.78 is 5.44. The van der Waals surface area contributed by atoms with Crippen LogP contribution in [-0.4, -0.2) is 38.2 Å². The Morgan fingerprint density at radius 2 is 1.81 bits per heavy atom. The molecule has 4 fully saturated rings. The number of rotatable bonds is 4. The molecule has 0 aliphatic heterocycles. The number of aromatic hydroxyl groups is 1. The first kappa shape index (κ1) is 19.8. The molecule has 0 radical (unpaired) electrons. The van der Waals surface area contributed by atoms with Crippen molar-refractivity contribution in [2.45, 2.75) is 56.5 Å². The zero-order valence-electron chi connectivity index (χ0n) is 17.4. The van der Waals surface area contributed by atoms with E-state index in [1.54, 1.807) is 12.1 Å². The first-order valence-electron chi connectivity index (χ1n) is 10.7. The fraction of sp³-hybridized carbons (Fsp3) is 0.478. The molecule has 162 valence electrons. The van der Waals surface area contributed by atoms with E-state index in [9.17, 15) is 14.7 Å². The number of nitrogens with zero attached hydrogens (tertiary/aromatic N) is 2. The number of aryl methyl sites for hydroxylation is 1. The lowest BCUT2D eigenvalue weighted by Crippen LogP contribution is -2.70. The Bertz CT molecular complexity index is 1030. The van der Waals surface area contributed by atoms with Crippen molar-refractivity contribution in [2.24, 2.45) is 11.8 Å². The normalized spacial score (nSPS) is 30.6. The van der Waals surface area contributed by atoms with Crippen LogP contribution >= 0.6 is 0 Å². The minimum atomic E-state index is -0.504. The van der Waals surface area contributed by atoms with Crippen LogP contribution in [0.15, 0.2) is 36.5 Å². The van der Waals surface area contributed by atoms with Gasteiger partial charge >= 0.3 is 6.09 Å². The van der Waals surface area contributed by atoms with Gasteiger partial charge in [-0.15, -0.1) is 0 Å². The largest absolute Gasteiger partial charge is 0.508 e. The fourth-order valence-electron chi connectivity index (χ4n) is 6.32. The lowest BCUT2D eigenvalue weighted by molar-refractivity contribution is -0.0450. The van der Waals surface area contributed by atoms with Crippen molar-refractivity contribution in [3.8, 4) is 11.6 Å². The summed E-state index contributed by atoms with van der Waals surface area (Å²) in [5.41, 5.74) is 0.193. The SMILES string of the molecule is Cc1cccc(OC(=O)NC23CC4CC(C2)CC(NC(=O)c2cc(O)ccn2)(C4)C3)n1. The van der Waals surface area contributed by atoms with Crippen LogP contribution in [0.2, 0.25) is 0 Å². The highest BCUT2D eigenvalue weighted by molar-refractivity contribution is 5.93. The summed E-state index contributed by atoms with van der Waals surface area (Å²) in [6.07, 6.45) is 6.27. The van der Waals surface area contributed by atoms with E-state index in [2.05, 4.69) is 20.6 Å². The minimum Gasteiger partial charge on any atom is -0.508 e. The number of amides is 2. The van der Waals surface area contributed by atoms with E-state index < -0.39 is 11.6 Å². The van der Waals surface area contributed by atoms with Gasteiger partial charge in [0.2, 0.25) is 5.88 Å². The van der Waals surface area contributed by atoms with Crippen LogP contribution in [0.1, 0.15) is 54.7 Å². The van der Waals surface area contributed by atoms with Crippen LogP contribution in [0, 0.1) is 18.8 Å². The Morgan fingerprint density at radius 3 is 2.48 bits per heavy atom. The van der Waals surface area contributed by atoms with Gasteiger partial charge < -0.3 is 20.5 Å². The number of hydrogen-bond acceptors (Lipinski definition) is 6. The third kappa shape index (κ3) is 3.94. The van der Waals surface area contributed by atoms with Crippen LogP contribution in [-0.2, 0) is 0 Å². The number of hydrogen-bond donors (Lipinski definition) is 3. The Balaban J connectivity index is 1.32. The van der Waals surface area contributed by atoms with E-state index in [0.29, 0.717) is 18.3 Å². The van der Waals surface area contributed by atoms with Gasteiger partial charge in [-0.2, -0.15) is 0 Å². The second-order valence-corrected chi connectivity index (χ2v) is 9.51. The van der Waals surface area contributed by atoms with Crippen LogP contribution in [0.5, 0.6) is 11.6 Å². The lowest BCUT2D eigenvalue weighted by atomic mass is 9.50. The Hall–Kier alpha value is -3.16. The summed E-state index contributed by atoms with van der Waals surface area (Å²) in [5.74, 6) is 0.878. The van der Waals surface area contributed by atoms with Gasteiger partial charge in [0.15, 0.2) is 0 Å². The molecule has 4 saturated carbocycles. The van der Waals surface area contributed by atoms with Crippen molar-refractivity contribution in [1.29, 1.82) is 0 Å². The van der Waals surface area contributed by atoms with Gasteiger partial charge in [-0.1, -0.05) is 6.07 Å². The summed E-state index contributed by atoms with van der Waals surface area (Å²) in [4.78, 5) is 33.9. The molecular weight excluding hydrogens is 396 g/mol. The standard InChI is InChI=1S/C23H26N4O4/c1-14-3-2-4-19(25-14)31-21(30)27-23-11-15-7-16(12-23)10-22(9-15,13-23)26-20(29)18-8-17(28)5-6-24-18/h2-6,8,15-16H,7,9-13H2,1H3,(H,24,28)(H,26,29)(H,27,30). The molecule has 6 rings (SSSR count). The highest BCUT2D eigenvalue weighted by atomic mass is 16.6. The summed E-state index contributed by atoms with van der Waals surface area (Å²) in [5, 5.41) is 16.0. The van der Waals surface area contributed by atoms with Gasteiger partial charge in [0.25, 0.3) is 5.91 Å². The van der Waals surface area contributed by atoms with Gasteiger partial charge in [-0.25, -0.2) is 9.78 Å². The lowest BCUT2D eigenvalue weighted by Gasteiger charge is -2.61. The molecule has 0 aromatic carbocycles. The van der Waals surface area contributed by atoms with Gasteiger partial charge in [-0.05, 0) is 69.4 Å². The number of nitrogens with one attached hydrogen (secondary N) is 2. The second-order valence-electron chi connectivity index (χ2n) is 9.51. The molecule has 0 saturated heterocycles. The third-order valence-corrected chi connectivity index (χ3v) is 6.84. The monoisotopic (exact) mass is 422 g/mol. The van der Waals surface area contributed by atoms with Crippen LogP contribution in [0.25, 0.3) is 0 Å². The summed E-state index contributed by atoms with van der Waals surface area (Å²) in [7, 11) is 0.